The van der Waals surface area contributed by atoms with E-state index < -0.39 is 0 Å². The van der Waals surface area contributed by atoms with E-state index in [0.717, 1.165) is 25.2 Å². The van der Waals surface area contributed by atoms with Crippen LogP contribution < -0.4 is 5.73 Å². The second-order valence-corrected chi connectivity index (χ2v) is 5.43. The summed E-state index contributed by atoms with van der Waals surface area (Å²) in [5.74, 6) is 0.651. The van der Waals surface area contributed by atoms with Gasteiger partial charge in [0, 0.05) is 19.1 Å². The maximum absolute atomic E-state index is 9.03. The minimum Gasteiger partial charge on any atom is -0.392 e. The molecule has 1 aromatic carbocycles. The number of rotatable bonds is 4. The molecule has 2 atom stereocenters. The van der Waals surface area contributed by atoms with E-state index in [1.54, 1.807) is 0 Å². The molecule has 0 radical (unpaired) electrons. The summed E-state index contributed by atoms with van der Waals surface area (Å²) in [5, 5.41) is 9.03. The van der Waals surface area contributed by atoms with Crippen LogP contribution in [0.25, 0.3) is 0 Å². The molecular formula is C15H24N2O. The Bertz CT molecular complexity index is 363. The number of aliphatic hydroxyl groups is 1. The van der Waals surface area contributed by atoms with Crippen molar-refractivity contribution in [2.24, 2.45) is 11.7 Å². The topological polar surface area (TPSA) is 49.5 Å². The predicted octanol–water partition coefficient (Wildman–Crippen LogP) is 1.74. The molecule has 0 aliphatic carbocycles. The summed E-state index contributed by atoms with van der Waals surface area (Å²) in [6.45, 7) is 5.32. The molecule has 3 N–H and O–H groups in total. The minimum atomic E-state index is 0.121. The Balaban J connectivity index is 1.97. The molecule has 3 nitrogen and oxygen atoms in total. The van der Waals surface area contributed by atoms with Crippen molar-refractivity contribution in [3.8, 4) is 0 Å². The molecule has 0 saturated carbocycles. The van der Waals surface area contributed by atoms with Gasteiger partial charge in [-0.1, -0.05) is 24.3 Å². The number of nitrogens with zero attached hydrogens (tertiary/aromatic N) is 1. The van der Waals surface area contributed by atoms with Gasteiger partial charge >= 0.3 is 0 Å². The second-order valence-electron chi connectivity index (χ2n) is 5.43. The van der Waals surface area contributed by atoms with Crippen molar-refractivity contribution in [3.63, 3.8) is 0 Å². The van der Waals surface area contributed by atoms with E-state index in [9.17, 15) is 0 Å². The fraction of sp³-hybridized carbons (Fsp3) is 0.600. The molecule has 0 aromatic heterocycles. The lowest BCUT2D eigenvalue weighted by atomic mass is 9.93. The van der Waals surface area contributed by atoms with E-state index in [4.69, 9.17) is 10.8 Å². The van der Waals surface area contributed by atoms with Gasteiger partial charge < -0.3 is 10.8 Å². The van der Waals surface area contributed by atoms with Gasteiger partial charge in [-0.3, -0.25) is 4.90 Å². The van der Waals surface area contributed by atoms with Crippen LogP contribution in [0.3, 0.4) is 0 Å². The maximum atomic E-state index is 9.03. The first-order chi connectivity index (χ1) is 8.72. The first-order valence-corrected chi connectivity index (χ1v) is 6.85. The zero-order valence-electron chi connectivity index (χ0n) is 11.2. The Labute approximate surface area is 110 Å². The highest BCUT2D eigenvalue weighted by Crippen LogP contribution is 2.23. The largest absolute Gasteiger partial charge is 0.392 e. The zero-order valence-corrected chi connectivity index (χ0v) is 11.2. The Hall–Kier alpha value is -0.900. The van der Waals surface area contributed by atoms with E-state index in [-0.39, 0.29) is 6.61 Å². The lowest BCUT2D eigenvalue weighted by Crippen LogP contribution is -2.43. The molecule has 1 aliphatic heterocycles. The van der Waals surface area contributed by atoms with Gasteiger partial charge in [-0.15, -0.1) is 0 Å². The SMILES string of the molecule is CC1CCC(CN)CN1Cc1ccc(CO)cc1. The van der Waals surface area contributed by atoms with Gasteiger partial charge in [0.05, 0.1) is 6.61 Å². The van der Waals surface area contributed by atoms with Crippen molar-refractivity contribution in [3.05, 3.63) is 35.4 Å². The summed E-state index contributed by atoms with van der Waals surface area (Å²) < 4.78 is 0. The molecule has 1 saturated heterocycles. The third kappa shape index (κ3) is 3.31. The third-order valence-electron chi connectivity index (χ3n) is 4.03. The van der Waals surface area contributed by atoms with Crippen LogP contribution in [0.4, 0.5) is 0 Å². The molecule has 0 spiro atoms. The third-order valence-corrected chi connectivity index (χ3v) is 4.03. The molecule has 100 valence electrons. The van der Waals surface area contributed by atoms with Crippen LogP contribution in [0.15, 0.2) is 24.3 Å². The molecule has 1 aliphatic rings. The van der Waals surface area contributed by atoms with Crippen molar-refractivity contribution >= 4 is 0 Å². The summed E-state index contributed by atoms with van der Waals surface area (Å²) >= 11 is 0. The summed E-state index contributed by atoms with van der Waals surface area (Å²) in [4.78, 5) is 2.52. The highest BCUT2D eigenvalue weighted by atomic mass is 16.3. The number of piperidine rings is 1. The van der Waals surface area contributed by atoms with Crippen LogP contribution >= 0.6 is 0 Å². The van der Waals surface area contributed by atoms with Gasteiger partial charge in [0.15, 0.2) is 0 Å². The molecule has 1 aromatic rings. The Morgan fingerprint density at radius 2 is 1.89 bits per heavy atom. The quantitative estimate of drug-likeness (QED) is 0.853. The van der Waals surface area contributed by atoms with Crippen LogP contribution in [0, 0.1) is 5.92 Å². The molecule has 2 rings (SSSR count). The van der Waals surface area contributed by atoms with Gasteiger partial charge in [-0.2, -0.15) is 0 Å². The fourth-order valence-electron chi connectivity index (χ4n) is 2.66. The standard InChI is InChI=1S/C15H24N2O/c1-12-2-3-15(8-16)10-17(12)9-13-4-6-14(11-18)7-5-13/h4-7,12,15,18H,2-3,8-11,16H2,1H3. The Morgan fingerprint density at radius 3 is 2.50 bits per heavy atom. The predicted molar refractivity (Wildman–Crippen MR) is 74.0 cm³/mol. The van der Waals surface area contributed by atoms with Crippen molar-refractivity contribution in [2.75, 3.05) is 13.1 Å². The van der Waals surface area contributed by atoms with Crippen LogP contribution in [0.2, 0.25) is 0 Å². The molecule has 18 heavy (non-hydrogen) atoms. The van der Waals surface area contributed by atoms with Gasteiger partial charge in [0.1, 0.15) is 0 Å². The summed E-state index contributed by atoms with van der Waals surface area (Å²) in [6.07, 6.45) is 2.51. The van der Waals surface area contributed by atoms with Crippen LogP contribution in [0.1, 0.15) is 30.9 Å². The monoisotopic (exact) mass is 248 g/mol. The fourth-order valence-corrected chi connectivity index (χ4v) is 2.66. The molecule has 1 fully saturated rings. The maximum Gasteiger partial charge on any atom is 0.0681 e. The zero-order chi connectivity index (χ0) is 13.0. The lowest BCUT2D eigenvalue weighted by Gasteiger charge is -2.37. The molecule has 3 heteroatoms. The summed E-state index contributed by atoms with van der Waals surface area (Å²) in [7, 11) is 0. The number of benzene rings is 1. The smallest absolute Gasteiger partial charge is 0.0681 e. The van der Waals surface area contributed by atoms with Crippen LogP contribution in [-0.2, 0) is 13.2 Å². The van der Waals surface area contributed by atoms with Crippen molar-refractivity contribution < 1.29 is 5.11 Å². The molecule has 0 bridgehead atoms. The molecule has 1 heterocycles. The van der Waals surface area contributed by atoms with Gasteiger partial charge in [-0.25, -0.2) is 0 Å². The van der Waals surface area contributed by atoms with E-state index in [2.05, 4.69) is 24.0 Å². The highest BCUT2D eigenvalue weighted by Gasteiger charge is 2.24. The van der Waals surface area contributed by atoms with Crippen LogP contribution in [-0.4, -0.2) is 29.1 Å². The van der Waals surface area contributed by atoms with Gasteiger partial charge in [-0.05, 0) is 43.4 Å². The first-order valence-electron chi connectivity index (χ1n) is 6.85. The van der Waals surface area contributed by atoms with E-state index in [1.165, 1.54) is 18.4 Å². The summed E-state index contributed by atoms with van der Waals surface area (Å²) in [6, 6.07) is 8.88. The van der Waals surface area contributed by atoms with E-state index in [1.807, 2.05) is 12.1 Å². The van der Waals surface area contributed by atoms with Gasteiger partial charge in [0.2, 0.25) is 0 Å². The number of hydrogen-bond donors (Lipinski definition) is 2. The molecule has 2 unspecified atom stereocenters. The number of aliphatic hydroxyl groups excluding tert-OH is 1. The van der Waals surface area contributed by atoms with Gasteiger partial charge in [0.25, 0.3) is 0 Å². The minimum absolute atomic E-state index is 0.121. The average Bonchev–Trinajstić information content (AvgIpc) is 2.42. The molecule has 0 amide bonds. The number of nitrogens with two attached hydrogens (primary N) is 1. The Morgan fingerprint density at radius 1 is 1.22 bits per heavy atom. The van der Waals surface area contributed by atoms with Crippen molar-refractivity contribution in [1.29, 1.82) is 0 Å². The van der Waals surface area contributed by atoms with Crippen LogP contribution in [0.5, 0.6) is 0 Å². The highest BCUT2D eigenvalue weighted by molar-refractivity contribution is 5.22. The van der Waals surface area contributed by atoms with Crippen molar-refractivity contribution in [1.82, 2.24) is 4.90 Å². The van der Waals surface area contributed by atoms with E-state index in [0.29, 0.717) is 12.0 Å². The van der Waals surface area contributed by atoms with E-state index >= 15 is 0 Å². The first kappa shape index (κ1) is 13.5. The van der Waals surface area contributed by atoms with Crippen molar-refractivity contribution in [2.45, 2.75) is 39.0 Å². The second kappa shape index (κ2) is 6.32. The molecular weight excluding hydrogens is 224 g/mol. The lowest BCUT2D eigenvalue weighted by molar-refractivity contribution is 0.113. The normalized spacial score (nSPS) is 25.3. The number of likely N-dealkylation sites (tertiary alicyclic amines) is 1. The Kier molecular flexibility index (Phi) is 4.75. The average molecular weight is 248 g/mol. The number of hydrogen-bond acceptors (Lipinski definition) is 3. The summed E-state index contributed by atoms with van der Waals surface area (Å²) in [5.41, 5.74) is 8.08.